The Kier molecular flexibility index (Phi) is 20.6. The van der Waals surface area contributed by atoms with Crippen LogP contribution in [0.3, 0.4) is 0 Å². The summed E-state index contributed by atoms with van der Waals surface area (Å²) in [4.78, 5) is 92.8. The summed E-state index contributed by atoms with van der Waals surface area (Å²) in [5.41, 5.74) is 3.01. The SMILES string of the molecule is CC(C)[C@]1(C(=O)N2CCc3ncc(C(F)(F)F)cc3C2)CC[C@@H](N(CCCNC(=O)C2CCC(NC(=O)CCOCCOCCNC(=O)CCNC(=O)[C@H]3CC(=O)N(C)[C@@H]3c3cccnc3)CC2)[C@@H]2CCc3cc(Br)ccc32)C1. The number of amides is 6. The molecule has 430 valence electrons. The number of aromatic nitrogens is 2. The van der Waals surface area contributed by atoms with Gasteiger partial charge in [0.2, 0.25) is 35.4 Å². The lowest BCUT2D eigenvalue weighted by atomic mass is 9.73. The monoisotopic (exact) mass is 1160 g/mol. The normalized spacial score (nSPS) is 23.9. The van der Waals surface area contributed by atoms with E-state index in [1.54, 1.807) is 35.3 Å². The van der Waals surface area contributed by atoms with Crippen molar-refractivity contribution in [3.8, 4) is 0 Å². The maximum Gasteiger partial charge on any atom is 0.417 e. The molecule has 3 aliphatic carbocycles. The lowest BCUT2D eigenvalue weighted by Crippen LogP contribution is -2.48. The number of carbonyl (C=O) groups is 6. The van der Waals surface area contributed by atoms with E-state index in [0.29, 0.717) is 69.3 Å². The van der Waals surface area contributed by atoms with Crippen molar-refractivity contribution >= 4 is 51.4 Å². The van der Waals surface area contributed by atoms with Gasteiger partial charge < -0.3 is 40.5 Å². The zero-order chi connectivity index (χ0) is 56.3. The molecule has 2 saturated carbocycles. The zero-order valence-corrected chi connectivity index (χ0v) is 47.3. The zero-order valence-electron chi connectivity index (χ0n) is 45.7. The fourth-order valence-electron chi connectivity index (χ4n) is 12.7. The van der Waals surface area contributed by atoms with E-state index in [4.69, 9.17) is 9.47 Å². The Labute approximate surface area is 469 Å². The van der Waals surface area contributed by atoms with Crippen LogP contribution in [0.15, 0.2) is 59.5 Å². The second-order valence-corrected chi connectivity index (χ2v) is 23.2. The van der Waals surface area contributed by atoms with Gasteiger partial charge in [-0.25, -0.2) is 0 Å². The van der Waals surface area contributed by atoms with E-state index in [0.717, 1.165) is 54.5 Å². The van der Waals surface area contributed by atoms with Crippen LogP contribution in [0.4, 0.5) is 13.2 Å². The van der Waals surface area contributed by atoms with E-state index in [-0.39, 0.29) is 131 Å². The molecule has 4 heterocycles. The van der Waals surface area contributed by atoms with Crippen LogP contribution in [-0.2, 0) is 63.8 Å². The summed E-state index contributed by atoms with van der Waals surface area (Å²) in [6, 6.07) is 11.1. The van der Waals surface area contributed by atoms with Gasteiger partial charge in [0.25, 0.3) is 0 Å². The maximum absolute atomic E-state index is 14.7. The molecule has 4 N–H and O–H groups in total. The number of nitrogens with zero attached hydrogens (tertiary/aromatic N) is 5. The summed E-state index contributed by atoms with van der Waals surface area (Å²) >= 11 is 3.65. The highest BCUT2D eigenvalue weighted by atomic mass is 79.9. The van der Waals surface area contributed by atoms with Gasteiger partial charge in [0, 0.05) is 125 Å². The molecule has 6 amide bonds. The van der Waals surface area contributed by atoms with Crippen molar-refractivity contribution in [1.82, 2.24) is 45.9 Å². The number of rotatable bonds is 24. The van der Waals surface area contributed by atoms with Gasteiger partial charge in [-0.3, -0.25) is 43.6 Å². The van der Waals surface area contributed by atoms with Crippen LogP contribution in [0.25, 0.3) is 0 Å². The predicted octanol–water partition coefficient (Wildman–Crippen LogP) is 6.77. The predicted molar refractivity (Wildman–Crippen MR) is 291 cm³/mol. The van der Waals surface area contributed by atoms with Crippen LogP contribution in [0, 0.1) is 23.2 Å². The number of aryl methyl sites for hydroxylation is 1. The standard InChI is InChI=1S/C58H77BrF3N9O8/c1-37(2)57(56(77)70-25-17-48-41(36-70)30-42(35-67-48)58(60,61)62)19-15-45(33-57)71(49-14-9-39-31-43(59)10-13-46(39)49)24-5-21-65-54(75)38-7-11-44(12-8-38)68-51(73)18-26-78-28-29-79-27-23-64-50(72)16-22-66-55(76)47-32-52(74)69(3)53(47)40-6-4-20-63-34-40/h4,6,10,13,20,30-31,34-35,37-38,44-45,47,49,53H,5,7-9,11-12,14-19,21-29,32-33,36H2,1-3H3,(H,64,72)(H,65,75)(H,66,76)(H,68,73)/t38?,44?,45-,47+,49-,53-,57+/m1/s1. The molecule has 0 unspecified atom stereocenters. The second kappa shape index (κ2) is 27.3. The number of halogens is 4. The molecular formula is C58H77BrF3N9O8. The molecule has 2 aliphatic heterocycles. The van der Waals surface area contributed by atoms with E-state index >= 15 is 0 Å². The number of pyridine rings is 2. The molecule has 0 bridgehead atoms. The van der Waals surface area contributed by atoms with Crippen molar-refractivity contribution < 1.29 is 51.4 Å². The fraction of sp³-hybridized carbons (Fsp3) is 0.621. The van der Waals surface area contributed by atoms with E-state index in [2.05, 4.69) is 84.1 Å². The Morgan fingerprint density at radius 1 is 0.861 bits per heavy atom. The number of hydrogen-bond acceptors (Lipinski definition) is 11. The van der Waals surface area contributed by atoms with Crippen LogP contribution < -0.4 is 21.3 Å². The minimum Gasteiger partial charge on any atom is -0.379 e. The van der Waals surface area contributed by atoms with Gasteiger partial charge in [-0.15, -0.1) is 0 Å². The first-order valence-electron chi connectivity index (χ1n) is 28.2. The van der Waals surface area contributed by atoms with Crippen LogP contribution >= 0.6 is 15.9 Å². The molecule has 3 fully saturated rings. The van der Waals surface area contributed by atoms with Gasteiger partial charge in [0.15, 0.2) is 0 Å². The summed E-state index contributed by atoms with van der Waals surface area (Å²) in [5.74, 6) is -1.40. The summed E-state index contributed by atoms with van der Waals surface area (Å²) < 4.78 is 53.1. The number of ether oxygens (including phenoxy) is 2. The highest BCUT2D eigenvalue weighted by Crippen LogP contribution is 2.51. The maximum atomic E-state index is 14.7. The minimum absolute atomic E-state index is 0.0131. The van der Waals surface area contributed by atoms with Crippen molar-refractivity contribution in [2.24, 2.45) is 23.2 Å². The van der Waals surface area contributed by atoms with E-state index in [1.165, 1.54) is 11.1 Å². The quantitative estimate of drug-likeness (QED) is 0.0689. The molecule has 21 heteroatoms. The van der Waals surface area contributed by atoms with E-state index in [1.807, 2.05) is 6.07 Å². The average Bonchev–Trinajstić information content (AvgIpc) is 4.32. The summed E-state index contributed by atoms with van der Waals surface area (Å²) in [6.45, 7) is 7.46. The highest BCUT2D eigenvalue weighted by Gasteiger charge is 2.52. The van der Waals surface area contributed by atoms with Crippen molar-refractivity contribution in [3.63, 3.8) is 0 Å². The van der Waals surface area contributed by atoms with Crippen molar-refractivity contribution in [2.45, 2.75) is 141 Å². The molecule has 1 saturated heterocycles. The smallest absolute Gasteiger partial charge is 0.379 e. The minimum atomic E-state index is -4.51. The average molecular weight is 1170 g/mol. The first-order chi connectivity index (χ1) is 37.9. The molecule has 17 nitrogen and oxygen atoms in total. The van der Waals surface area contributed by atoms with Crippen molar-refractivity contribution in [1.29, 1.82) is 0 Å². The third kappa shape index (κ3) is 15.1. The summed E-state index contributed by atoms with van der Waals surface area (Å²) in [6.07, 6.45) is 8.01. The van der Waals surface area contributed by atoms with Gasteiger partial charge in [-0.1, -0.05) is 41.9 Å². The van der Waals surface area contributed by atoms with E-state index in [9.17, 15) is 41.9 Å². The molecule has 5 atom stereocenters. The van der Waals surface area contributed by atoms with Gasteiger partial charge in [-0.05, 0) is 117 Å². The molecule has 8 rings (SSSR count). The molecule has 5 aliphatic rings. The first kappa shape index (κ1) is 59.6. The topological polar surface area (TPSA) is 204 Å². The number of carbonyl (C=O) groups excluding carboxylic acids is 6. The third-order valence-corrected chi connectivity index (χ3v) is 17.6. The third-order valence-electron chi connectivity index (χ3n) is 17.1. The second-order valence-electron chi connectivity index (χ2n) is 22.3. The number of nitrogens with one attached hydrogen (secondary N) is 4. The van der Waals surface area contributed by atoms with Crippen molar-refractivity contribution in [3.05, 3.63) is 93.0 Å². The molecule has 1 aromatic carbocycles. The largest absolute Gasteiger partial charge is 0.417 e. The lowest BCUT2D eigenvalue weighted by molar-refractivity contribution is -0.146. The number of alkyl halides is 3. The summed E-state index contributed by atoms with van der Waals surface area (Å²) in [5, 5.41) is 11.9. The van der Waals surface area contributed by atoms with Gasteiger partial charge in [-0.2, -0.15) is 13.2 Å². The number of likely N-dealkylation sites (tertiary alicyclic amines) is 1. The molecular weight excluding hydrogens is 1090 g/mol. The van der Waals surface area contributed by atoms with Crippen LogP contribution in [-0.4, -0.2) is 138 Å². The Morgan fingerprint density at radius 3 is 2.38 bits per heavy atom. The van der Waals surface area contributed by atoms with Gasteiger partial charge in [0.05, 0.1) is 49.4 Å². The molecule has 2 aromatic heterocycles. The first-order valence-corrected chi connectivity index (χ1v) is 29.0. The van der Waals surface area contributed by atoms with Crippen LogP contribution in [0.1, 0.15) is 136 Å². The Hall–Kier alpha value is -5.51. The lowest BCUT2D eigenvalue weighted by Gasteiger charge is -2.41. The molecule has 3 aromatic rings. The van der Waals surface area contributed by atoms with Gasteiger partial charge >= 0.3 is 6.18 Å². The molecule has 0 spiro atoms. The molecule has 0 radical (unpaired) electrons. The summed E-state index contributed by atoms with van der Waals surface area (Å²) in [7, 11) is 1.67. The molecule has 79 heavy (non-hydrogen) atoms. The van der Waals surface area contributed by atoms with Gasteiger partial charge in [0.1, 0.15) is 0 Å². The number of fused-ring (bicyclic) bond motifs is 2. The Bertz CT molecular complexity index is 2620. The van der Waals surface area contributed by atoms with Crippen LogP contribution in [0.2, 0.25) is 0 Å². The Balaban J connectivity index is 0.697. The van der Waals surface area contributed by atoms with E-state index < -0.39 is 29.1 Å². The Morgan fingerprint density at radius 2 is 1.63 bits per heavy atom. The number of benzene rings is 1. The number of hydrogen-bond donors (Lipinski definition) is 4. The fourth-order valence-corrected chi connectivity index (χ4v) is 13.1. The van der Waals surface area contributed by atoms with Crippen molar-refractivity contribution in [2.75, 3.05) is 66.2 Å². The highest BCUT2D eigenvalue weighted by molar-refractivity contribution is 9.10. The van der Waals surface area contributed by atoms with Crippen LogP contribution in [0.5, 0.6) is 0 Å².